The standard InChI is InChI=1S/C16H22N4O/c1-2-17-16(13-7-6-10-21-12-13)15-11-18-19-20(15)14-8-4-3-5-9-14/h3-5,8-9,11,13,16-17H,2,6-7,10,12H2,1H3. The Morgan fingerprint density at radius 2 is 2.24 bits per heavy atom. The molecule has 2 heterocycles. The molecule has 5 heteroatoms. The number of ether oxygens (including phenoxy) is 1. The molecule has 0 aliphatic carbocycles. The van der Waals surface area contributed by atoms with Crippen molar-refractivity contribution in [2.75, 3.05) is 19.8 Å². The summed E-state index contributed by atoms with van der Waals surface area (Å²) in [5, 5.41) is 12.0. The van der Waals surface area contributed by atoms with Crippen LogP contribution in [0.1, 0.15) is 31.5 Å². The van der Waals surface area contributed by atoms with E-state index in [0.29, 0.717) is 5.92 Å². The average Bonchev–Trinajstić information content (AvgIpc) is 3.03. The highest BCUT2D eigenvalue weighted by Gasteiger charge is 2.28. The zero-order chi connectivity index (χ0) is 14.5. The number of para-hydroxylation sites is 1. The topological polar surface area (TPSA) is 52.0 Å². The molecule has 1 aliphatic rings. The molecule has 0 spiro atoms. The van der Waals surface area contributed by atoms with Crippen molar-refractivity contribution in [3.63, 3.8) is 0 Å². The summed E-state index contributed by atoms with van der Waals surface area (Å²) in [6.45, 7) is 4.73. The fourth-order valence-electron chi connectivity index (χ4n) is 2.99. The van der Waals surface area contributed by atoms with Gasteiger partial charge in [-0.25, -0.2) is 4.68 Å². The largest absolute Gasteiger partial charge is 0.381 e. The van der Waals surface area contributed by atoms with Crippen molar-refractivity contribution in [2.24, 2.45) is 5.92 Å². The van der Waals surface area contributed by atoms with Crippen LogP contribution < -0.4 is 5.32 Å². The number of nitrogens with one attached hydrogen (secondary N) is 1. The summed E-state index contributed by atoms with van der Waals surface area (Å²) in [6, 6.07) is 10.4. The van der Waals surface area contributed by atoms with Gasteiger partial charge < -0.3 is 10.1 Å². The van der Waals surface area contributed by atoms with Crippen LogP contribution in [0.25, 0.3) is 5.69 Å². The summed E-state index contributed by atoms with van der Waals surface area (Å²) >= 11 is 0. The molecule has 1 N–H and O–H groups in total. The third-order valence-electron chi connectivity index (χ3n) is 3.99. The van der Waals surface area contributed by atoms with Gasteiger partial charge in [-0.1, -0.05) is 30.3 Å². The van der Waals surface area contributed by atoms with Gasteiger partial charge in [0.15, 0.2) is 0 Å². The van der Waals surface area contributed by atoms with Gasteiger partial charge in [0.05, 0.1) is 30.2 Å². The van der Waals surface area contributed by atoms with E-state index in [1.165, 1.54) is 6.42 Å². The van der Waals surface area contributed by atoms with Crippen LogP contribution in [0.5, 0.6) is 0 Å². The summed E-state index contributed by atoms with van der Waals surface area (Å²) < 4.78 is 7.60. The quantitative estimate of drug-likeness (QED) is 0.916. The number of hydrogen-bond donors (Lipinski definition) is 1. The Morgan fingerprint density at radius 1 is 1.38 bits per heavy atom. The summed E-state index contributed by atoms with van der Waals surface area (Å²) in [5.74, 6) is 0.472. The summed E-state index contributed by atoms with van der Waals surface area (Å²) in [4.78, 5) is 0. The maximum atomic E-state index is 5.66. The molecule has 3 rings (SSSR count). The molecule has 2 atom stereocenters. The second kappa shape index (κ2) is 6.83. The number of rotatable bonds is 5. The molecule has 1 aromatic heterocycles. The van der Waals surface area contributed by atoms with Crippen LogP contribution in [-0.4, -0.2) is 34.8 Å². The van der Waals surface area contributed by atoms with Crippen molar-refractivity contribution in [3.8, 4) is 5.69 Å². The molecule has 112 valence electrons. The highest BCUT2D eigenvalue weighted by Crippen LogP contribution is 2.29. The minimum atomic E-state index is 0.227. The van der Waals surface area contributed by atoms with E-state index in [1.807, 2.05) is 29.1 Å². The Morgan fingerprint density at radius 3 is 2.95 bits per heavy atom. The van der Waals surface area contributed by atoms with Crippen molar-refractivity contribution in [2.45, 2.75) is 25.8 Å². The molecule has 5 nitrogen and oxygen atoms in total. The average molecular weight is 286 g/mol. The fourth-order valence-corrected chi connectivity index (χ4v) is 2.99. The van der Waals surface area contributed by atoms with Crippen molar-refractivity contribution in [1.29, 1.82) is 0 Å². The zero-order valence-electron chi connectivity index (χ0n) is 12.4. The second-order valence-corrected chi connectivity index (χ2v) is 5.42. The molecular weight excluding hydrogens is 264 g/mol. The lowest BCUT2D eigenvalue weighted by Crippen LogP contribution is -2.34. The molecule has 1 aliphatic heterocycles. The molecule has 1 saturated heterocycles. The van der Waals surface area contributed by atoms with Crippen molar-refractivity contribution >= 4 is 0 Å². The Hall–Kier alpha value is -1.72. The van der Waals surface area contributed by atoms with Gasteiger partial charge in [0.2, 0.25) is 0 Å². The van der Waals surface area contributed by atoms with Gasteiger partial charge >= 0.3 is 0 Å². The third kappa shape index (κ3) is 3.14. The summed E-state index contributed by atoms with van der Waals surface area (Å²) in [5.41, 5.74) is 2.16. The van der Waals surface area contributed by atoms with E-state index >= 15 is 0 Å². The van der Waals surface area contributed by atoms with E-state index < -0.39 is 0 Å². The van der Waals surface area contributed by atoms with E-state index in [-0.39, 0.29) is 6.04 Å². The van der Waals surface area contributed by atoms with Gasteiger partial charge in [0, 0.05) is 12.5 Å². The maximum Gasteiger partial charge on any atom is 0.0818 e. The van der Waals surface area contributed by atoms with Gasteiger partial charge in [0.1, 0.15) is 0 Å². The minimum Gasteiger partial charge on any atom is -0.381 e. The van der Waals surface area contributed by atoms with E-state index in [1.54, 1.807) is 0 Å². The van der Waals surface area contributed by atoms with Crippen LogP contribution in [0.3, 0.4) is 0 Å². The molecule has 0 radical (unpaired) electrons. The lowest BCUT2D eigenvalue weighted by Gasteiger charge is -2.30. The maximum absolute atomic E-state index is 5.66. The first-order valence-corrected chi connectivity index (χ1v) is 7.67. The zero-order valence-corrected chi connectivity index (χ0v) is 12.4. The molecule has 1 fully saturated rings. The Kier molecular flexibility index (Phi) is 4.62. The van der Waals surface area contributed by atoms with Gasteiger partial charge in [-0.3, -0.25) is 0 Å². The van der Waals surface area contributed by atoms with Crippen LogP contribution in [0.15, 0.2) is 36.5 Å². The summed E-state index contributed by atoms with van der Waals surface area (Å²) in [7, 11) is 0. The molecule has 1 aromatic carbocycles. The van der Waals surface area contributed by atoms with E-state index in [0.717, 1.165) is 37.6 Å². The monoisotopic (exact) mass is 286 g/mol. The number of hydrogen-bond acceptors (Lipinski definition) is 4. The molecule has 2 unspecified atom stereocenters. The van der Waals surface area contributed by atoms with Crippen LogP contribution in [-0.2, 0) is 4.74 Å². The van der Waals surface area contributed by atoms with E-state index in [2.05, 4.69) is 34.7 Å². The molecular formula is C16H22N4O. The summed E-state index contributed by atoms with van der Waals surface area (Å²) in [6.07, 6.45) is 4.17. The van der Waals surface area contributed by atoms with Crippen LogP contribution in [0.4, 0.5) is 0 Å². The van der Waals surface area contributed by atoms with Gasteiger partial charge in [-0.05, 0) is 31.5 Å². The lowest BCUT2D eigenvalue weighted by molar-refractivity contribution is 0.0383. The normalized spacial score (nSPS) is 20.3. The fraction of sp³-hybridized carbons (Fsp3) is 0.500. The first kappa shape index (κ1) is 14.2. The van der Waals surface area contributed by atoms with Crippen molar-refractivity contribution in [3.05, 3.63) is 42.2 Å². The lowest BCUT2D eigenvalue weighted by atomic mass is 9.91. The number of aromatic nitrogens is 3. The van der Waals surface area contributed by atoms with Crippen LogP contribution in [0, 0.1) is 5.92 Å². The Bertz CT molecular complexity index is 548. The van der Waals surface area contributed by atoms with Gasteiger partial charge in [0.25, 0.3) is 0 Å². The van der Waals surface area contributed by atoms with E-state index in [4.69, 9.17) is 4.74 Å². The predicted octanol–water partition coefficient (Wildman–Crippen LogP) is 2.34. The Labute approximate surface area is 125 Å². The SMILES string of the molecule is CCNC(c1cnnn1-c1ccccc1)C1CCCOC1. The van der Waals surface area contributed by atoms with Crippen molar-refractivity contribution in [1.82, 2.24) is 20.3 Å². The first-order chi connectivity index (χ1) is 10.4. The molecule has 21 heavy (non-hydrogen) atoms. The third-order valence-corrected chi connectivity index (χ3v) is 3.99. The smallest absolute Gasteiger partial charge is 0.0818 e. The van der Waals surface area contributed by atoms with Crippen LogP contribution in [0.2, 0.25) is 0 Å². The molecule has 0 saturated carbocycles. The van der Waals surface area contributed by atoms with Gasteiger partial charge in [-0.2, -0.15) is 0 Å². The first-order valence-electron chi connectivity index (χ1n) is 7.67. The number of nitrogens with zero attached hydrogens (tertiary/aromatic N) is 3. The molecule has 2 aromatic rings. The second-order valence-electron chi connectivity index (χ2n) is 5.42. The highest BCUT2D eigenvalue weighted by molar-refractivity contribution is 5.32. The van der Waals surface area contributed by atoms with Crippen molar-refractivity contribution < 1.29 is 4.74 Å². The predicted molar refractivity (Wildman–Crippen MR) is 81.3 cm³/mol. The van der Waals surface area contributed by atoms with Gasteiger partial charge in [-0.15, -0.1) is 5.10 Å². The molecule has 0 amide bonds. The van der Waals surface area contributed by atoms with Crippen LogP contribution >= 0.6 is 0 Å². The van der Waals surface area contributed by atoms with E-state index in [9.17, 15) is 0 Å². The molecule has 0 bridgehead atoms. The minimum absolute atomic E-state index is 0.227. The number of benzene rings is 1. The Balaban J connectivity index is 1.91. The highest BCUT2D eigenvalue weighted by atomic mass is 16.5.